The molecule has 0 amide bonds. The van der Waals surface area contributed by atoms with Crippen molar-refractivity contribution in [2.24, 2.45) is 0 Å². The molecule has 0 radical (unpaired) electrons. The monoisotopic (exact) mass is 393 g/mol. The molecule has 29 heavy (non-hydrogen) atoms. The zero-order chi connectivity index (χ0) is 20.2. The maximum atomic E-state index is 8.83. The van der Waals surface area contributed by atoms with E-state index in [9.17, 15) is 0 Å². The molecule has 2 saturated heterocycles. The van der Waals surface area contributed by atoms with Crippen molar-refractivity contribution in [1.29, 1.82) is 5.26 Å². The molecule has 0 saturated carbocycles. The van der Waals surface area contributed by atoms with Crippen LogP contribution in [0.25, 0.3) is 0 Å². The van der Waals surface area contributed by atoms with Crippen LogP contribution in [0.2, 0.25) is 0 Å². The first-order valence-electron chi connectivity index (χ1n) is 10.0. The first-order valence-corrected chi connectivity index (χ1v) is 10.0. The SMILES string of the molecule is COc1cc(C2CCN(C)CC2)ccc1C1CC(Nc2cnc(C#N)cn2)NN1. The number of nitrogens with zero attached hydrogens (tertiary/aromatic N) is 4. The molecule has 2 aliphatic rings. The second kappa shape index (κ2) is 8.74. The number of rotatable bonds is 5. The average Bonchev–Trinajstić information content (AvgIpc) is 3.22. The topological polar surface area (TPSA) is 98.1 Å². The molecule has 8 nitrogen and oxygen atoms in total. The summed E-state index contributed by atoms with van der Waals surface area (Å²) in [5, 5.41) is 12.1. The minimum atomic E-state index is 0.000463. The van der Waals surface area contributed by atoms with Crippen molar-refractivity contribution >= 4 is 5.82 Å². The fourth-order valence-corrected chi connectivity index (χ4v) is 4.10. The van der Waals surface area contributed by atoms with Crippen LogP contribution in [0.15, 0.2) is 30.6 Å². The summed E-state index contributed by atoms with van der Waals surface area (Å²) >= 11 is 0. The molecule has 1 aromatic carbocycles. The fraction of sp³-hybridized carbons (Fsp3) is 0.476. The standard InChI is InChI=1S/C21H27N7O/c1-28-7-5-14(6-8-28)15-3-4-17(19(9-15)29-2)18-10-20(27-26-18)25-21-13-23-16(11-22)12-24-21/h3-4,9,12-14,18,20,26-27H,5-8,10H2,1-2H3,(H,24,25). The lowest BCUT2D eigenvalue weighted by atomic mass is 9.88. The molecular weight excluding hydrogens is 366 g/mol. The molecule has 3 N–H and O–H groups in total. The Morgan fingerprint density at radius 3 is 2.72 bits per heavy atom. The van der Waals surface area contributed by atoms with Gasteiger partial charge in [0.1, 0.15) is 17.6 Å². The van der Waals surface area contributed by atoms with E-state index >= 15 is 0 Å². The predicted octanol–water partition coefficient (Wildman–Crippen LogP) is 2.14. The van der Waals surface area contributed by atoms with E-state index in [0.29, 0.717) is 17.4 Å². The van der Waals surface area contributed by atoms with Crippen LogP contribution in [0.4, 0.5) is 5.82 Å². The molecule has 2 aliphatic heterocycles. The molecule has 2 aromatic rings. The molecule has 2 atom stereocenters. The third kappa shape index (κ3) is 4.48. The lowest BCUT2D eigenvalue weighted by molar-refractivity contribution is 0.255. The third-order valence-electron chi connectivity index (χ3n) is 5.81. The molecule has 2 unspecified atom stereocenters. The highest BCUT2D eigenvalue weighted by Crippen LogP contribution is 2.35. The number of anilines is 1. The Bertz CT molecular complexity index is 872. The van der Waals surface area contributed by atoms with Crippen LogP contribution in [0.5, 0.6) is 5.75 Å². The highest BCUT2D eigenvalue weighted by molar-refractivity contribution is 5.42. The van der Waals surface area contributed by atoms with Crippen molar-refractivity contribution in [3.8, 4) is 11.8 Å². The van der Waals surface area contributed by atoms with Crippen LogP contribution in [0.1, 0.15) is 48.0 Å². The Labute approximate surface area is 171 Å². The predicted molar refractivity (Wildman–Crippen MR) is 110 cm³/mol. The molecular formula is C21H27N7O. The van der Waals surface area contributed by atoms with Crippen molar-refractivity contribution in [3.05, 3.63) is 47.4 Å². The smallest absolute Gasteiger partial charge is 0.158 e. The molecule has 4 rings (SSSR count). The Morgan fingerprint density at radius 1 is 1.21 bits per heavy atom. The molecule has 1 aromatic heterocycles. The normalized spacial score (nSPS) is 22.9. The van der Waals surface area contributed by atoms with Gasteiger partial charge in [-0.1, -0.05) is 12.1 Å². The molecule has 8 heteroatoms. The van der Waals surface area contributed by atoms with Crippen LogP contribution in [0.3, 0.4) is 0 Å². The van der Waals surface area contributed by atoms with Crippen molar-refractivity contribution in [2.75, 3.05) is 32.6 Å². The largest absolute Gasteiger partial charge is 0.496 e. The highest BCUT2D eigenvalue weighted by atomic mass is 16.5. The van der Waals surface area contributed by atoms with Gasteiger partial charge in [0.15, 0.2) is 5.69 Å². The summed E-state index contributed by atoms with van der Waals surface area (Å²) in [5.41, 5.74) is 9.43. The van der Waals surface area contributed by atoms with Crippen LogP contribution >= 0.6 is 0 Å². The number of hydrazine groups is 1. The van der Waals surface area contributed by atoms with Crippen LogP contribution in [0, 0.1) is 11.3 Å². The summed E-state index contributed by atoms with van der Waals surface area (Å²) in [6.07, 6.45) is 6.25. The number of hydrogen-bond acceptors (Lipinski definition) is 8. The maximum Gasteiger partial charge on any atom is 0.158 e. The van der Waals surface area contributed by atoms with E-state index in [4.69, 9.17) is 10.00 Å². The minimum Gasteiger partial charge on any atom is -0.496 e. The Balaban J connectivity index is 1.42. The number of nitriles is 1. The van der Waals surface area contributed by atoms with Gasteiger partial charge in [0.05, 0.1) is 31.7 Å². The van der Waals surface area contributed by atoms with Crippen LogP contribution in [-0.2, 0) is 0 Å². The second-order valence-electron chi connectivity index (χ2n) is 7.75. The summed E-state index contributed by atoms with van der Waals surface area (Å²) in [7, 11) is 3.92. The average molecular weight is 393 g/mol. The number of piperidine rings is 1. The zero-order valence-electron chi connectivity index (χ0n) is 16.9. The van der Waals surface area contributed by atoms with Gasteiger partial charge in [-0.15, -0.1) is 0 Å². The Kier molecular flexibility index (Phi) is 5.90. The number of nitrogens with one attached hydrogen (secondary N) is 3. The van der Waals surface area contributed by atoms with Crippen LogP contribution < -0.4 is 20.9 Å². The van der Waals surface area contributed by atoms with Gasteiger partial charge in [0.2, 0.25) is 0 Å². The van der Waals surface area contributed by atoms with Crippen molar-refractivity contribution in [3.63, 3.8) is 0 Å². The second-order valence-corrected chi connectivity index (χ2v) is 7.75. The summed E-state index contributed by atoms with van der Waals surface area (Å²) in [6, 6.07) is 8.75. The summed E-state index contributed by atoms with van der Waals surface area (Å²) in [6.45, 7) is 2.29. The van der Waals surface area contributed by atoms with Gasteiger partial charge in [-0.25, -0.2) is 20.8 Å². The van der Waals surface area contributed by atoms with E-state index in [1.807, 2.05) is 6.07 Å². The van der Waals surface area contributed by atoms with E-state index in [1.54, 1.807) is 13.3 Å². The van der Waals surface area contributed by atoms with Crippen molar-refractivity contribution < 1.29 is 4.74 Å². The fourth-order valence-electron chi connectivity index (χ4n) is 4.10. The van der Waals surface area contributed by atoms with Crippen LogP contribution in [-0.4, -0.2) is 48.3 Å². The van der Waals surface area contributed by atoms with Crippen molar-refractivity contribution in [2.45, 2.75) is 37.4 Å². The van der Waals surface area contributed by atoms with Gasteiger partial charge in [-0.2, -0.15) is 5.26 Å². The van der Waals surface area contributed by atoms with Gasteiger partial charge >= 0.3 is 0 Å². The lowest BCUT2D eigenvalue weighted by Gasteiger charge is -2.29. The first kappa shape index (κ1) is 19.6. The van der Waals surface area contributed by atoms with Gasteiger partial charge in [-0.3, -0.25) is 0 Å². The third-order valence-corrected chi connectivity index (χ3v) is 5.81. The Morgan fingerprint density at radius 2 is 2.03 bits per heavy atom. The first-order chi connectivity index (χ1) is 14.2. The Hall–Kier alpha value is -2.73. The molecule has 0 spiro atoms. The molecule has 152 valence electrons. The van der Waals surface area contributed by atoms with Gasteiger partial charge < -0.3 is 15.0 Å². The molecule has 2 fully saturated rings. The number of ether oxygens (including phenoxy) is 1. The quantitative estimate of drug-likeness (QED) is 0.711. The van der Waals surface area contributed by atoms with E-state index in [-0.39, 0.29) is 12.2 Å². The number of likely N-dealkylation sites (tertiary alicyclic amines) is 1. The number of benzene rings is 1. The van der Waals surface area contributed by atoms with Gasteiger partial charge in [0, 0.05) is 12.0 Å². The highest BCUT2D eigenvalue weighted by Gasteiger charge is 2.28. The van der Waals surface area contributed by atoms with E-state index in [2.05, 4.69) is 56.3 Å². The lowest BCUT2D eigenvalue weighted by Crippen LogP contribution is -2.36. The minimum absolute atomic E-state index is 0.000463. The summed E-state index contributed by atoms with van der Waals surface area (Å²) in [5.74, 6) is 2.17. The van der Waals surface area contributed by atoms with E-state index in [0.717, 1.165) is 30.8 Å². The maximum absolute atomic E-state index is 8.83. The molecule has 0 aliphatic carbocycles. The summed E-state index contributed by atoms with van der Waals surface area (Å²) in [4.78, 5) is 10.7. The number of hydrogen-bond donors (Lipinski definition) is 3. The van der Waals surface area contributed by atoms with E-state index in [1.165, 1.54) is 24.6 Å². The van der Waals surface area contributed by atoms with Crippen molar-refractivity contribution in [1.82, 2.24) is 25.7 Å². The number of aromatic nitrogens is 2. The van der Waals surface area contributed by atoms with Gasteiger partial charge in [0.25, 0.3) is 0 Å². The molecule has 3 heterocycles. The van der Waals surface area contributed by atoms with Gasteiger partial charge in [-0.05, 0) is 50.5 Å². The van der Waals surface area contributed by atoms with E-state index < -0.39 is 0 Å². The number of methoxy groups -OCH3 is 1. The summed E-state index contributed by atoms with van der Waals surface area (Å²) < 4.78 is 5.74. The zero-order valence-corrected chi connectivity index (χ0v) is 16.9. The molecule has 0 bridgehead atoms.